The highest BCUT2D eigenvalue weighted by atomic mass is 79.9. The van der Waals surface area contributed by atoms with Crippen molar-refractivity contribution in [1.82, 2.24) is 43.2 Å². The van der Waals surface area contributed by atoms with Gasteiger partial charge in [-0.1, -0.05) is 109 Å². The zero-order valence-corrected chi connectivity index (χ0v) is 76.0. The Kier molecular flexibility index (Phi) is 32.5. The molecule has 10 rings (SSSR count). The molecule has 0 heterocycles. The van der Waals surface area contributed by atoms with Crippen LogP contribution in [-0.2, 0) is 64.4 Å². The predicted molar refractivity (Wildman–Crippen MR) is 502 cm³/mol. The number of carbonyl (C=O) groups is 4. The summed E-state index contributed by atoms with van der Waals surface area (Å²) >= 11 is 33.9. The Morgan fingerprint density at radius 1 is 0.360 bits per heavy atom. The summed E-state index contributed by atoms with van der Waals surface area (Å²) in [4.78, 5) is 52.0. The summed E-state index contributed by atoms with van der Waals surface area (Å²) < 4.78 is 149. The van der Waals surface area contributed by atoms with Crippen molar-refractivity contribution < 1.29 is 96.2 Å². The number of fused-ring (bicyclic) bond motifs is 2. The number of phenolic OH excluding ortho intramolecular Hbond substituents is 4. The van der Waals surface area contributed by atoms with E-state index in [4.69, 9.17) is 53.6 Å². The first-order valence-corrected chi connectivity index (χ1v) is 45.8. The third-order valence-corrected chi connectivity index (χ3v) is 24.3. The Labute approximate surface area is 766 Å². The smallest absolute Gasteiger partial charge is 0.295 e. The lowest BCUT2D eigenvalue weighted by Gasteiger charge is -2.19. The second kappa shape index (κ2) is 42.5. The number of thiocarbonyl (C=S) groups is 4. The molecule has 652 valence electrons. The number of anilines is 6. The summed E-state index contributed by atoms with van der Waals surface area (Å²) in [5.41, 5.74) is 14.1. The van der Waals surface area contributed by atoms with E-state index in [1.54, 1.807) is 48.5 Å². The molecule has 10 aromatic carbocycles. The first-order valence-electron chi connectivity index (χ1n) is 35.3. The molecule has 0 aliphatic heterocycles. The first kappa shape index (κ1) is 95.7. The number of carbonyl (C=O) groups excluding carboxylic acids is 4. The van der Waals surface area contributed by atoms with Crippen LogP contribution in [0.1, 0.15) is 33.4 Å². The monoisotopic (exact) mass is 2110 g/mol. The van der Waals surface area contributed by atoms with E-state index in [2.05, 4.69) is 149 Å². The Bertz CT molecular complexity index is 6210. The van der Waals surface area contributed by atoms with E-state index in [1.165, 1.54) is 60.7 Å². The Balaban J connectivity index is 0.679. The summed E-state index contributed by atoms with van der Waals surface area (Å²) in [6.45, 7) is 0.310. The minimum atomic E-state index is -5.04. The minimum Gasteiger partial charge on any atom is -0.506 e. The van der Waals surface area contributed by atoms with E-state index in [-0.39, 0.29) is 132 Å². The summed E-state index contributed by atoms with van der Waals surface area (Å²) in [6, 6.07) is 38.2. The summed E-state index contributed by atoms with van der Waals surface area (Å²) in [5.74, 6) is -5.42. The zero-order chi connectivity index (χ0) is 90.8. The molecule has 49 heteroatoms. The summed E-state index contributed by atoms with van der Waals surface area (Å²) in [7, 11) is -20.0. The molecule has 0 aromatic heterocycles. The molecule has 2 atom stereocenters. The maximum atomic E-state index is 13.7. The van der Waals surface area contributed by atoms with Gasteiger partial charge in [-0.05, 0) is 241 Å². The maximum absolute atomic E-state index is 13.7. The van der Waals surface area contributed by atoms with E-state index in [0.29, 0.717) is 11.4 Å². The number of phenols is 4. The van der Waals surface area contributed by atoms with Crippen molar-refractivity contribution in [2.45, 2.75) is 31.7 Å². The van der Waals surface area contributed by atoms with Crippen LogP contribution in [0.5, 0.6) is 23.0 Å². The number of rotatable bonds is 30. The van der Waals surface area contributed by atoms with Crippen molar-refractivity contribution in [3.63, 3.8) is 0 Å². The lowest BCUT2D eigenvalue weighted by molar-refractivity contribution is -0.132. The van der Waals surface area contributed by atoms with Crippen molar-refractivity contribution in [3.05, 3.63) is 221 Å². The van der Waals surface area contributed by atoms with Crippen molar-refractivity contribution in [2.75, 3.05) is 58.2 Å². The molecule has 0 saturated carbocycles. The fourth-order valence-electron chi connectivity index (χ4n) is 11.2. The number of halogens is 4. The van der Waals surface area contributed by atoms with Crippen molar-refractivity contribution in [1.29, 1.82) is 0 Å². The lowest BCUT2D eigenvalue weighted by atomic mass is 10.1. The standard InChI is InChI=1S/C76H66Br4N16O21S8/c77-55-31-47(65(97)61(79)67(55)99)37-83-91-69(101)63(85-49-19-13-39-5-1-3-7-45(39)29-49)71(103)93-95-75(120)89-53-23-17-43(59(35-53)124(111,112)113)11-9-41-15-21-51(33-57(41)122(105,106)107)87-73(118)81-25-27-117-28-26-82-74(119)88-52-22-16-42(58(34-52)123(108,109)110)10-12-44-18-24-54(36-60(44)125(114,115)116)90-76(121)96-94-72(104)64(86-50-20-14-40-6-2-4-8-46(40)30-50)70(102)92-84-38-48-32-56(78)68(100)62(80)66(48)98/h1-24,29-38,63-64,85-86,97-100H,25-28H2,(H,91,101)(H,92,102)(H,93,103)(H,94,104)(H2,81,87,118)(H2,82,88,119)(H2,89,95,120)(H2,90,96,121)(H,105,106,107)(H,108,109,110)(H,111,112,113)(H,114,115,116)/b11-9+,12-10+,83-37-,84-38-. The molecule has 10 aromatic rings. The number of nitrogens with zero attached hydrogens (tertiary/aromatic N) is 2. The molecule has 125 heavy (non-hydrogen) atoms. The number of ether oxygens (including phenoxy) is 1. The number of hydrazone groups is 2. The van der Waals surface area contributed by atoms with E-state index in [0.717, 1.165) is 82.5 Å². The summed E-state index contributed by atoms with van der Waals surface area (Å²) in [6.07, 6.45) is 6.68. The molecular formula is C76H66Br4N16O21S8. The molecule has 37 nitrogen and oxygen atoms in total. The van der Waals surface area contributed by atoms with Crippen LogP contribution in [0.3, 0.4) is 0 Å². The van der Waals surface area contributed by atoms with Gasteiger partial charge in [-0.15, -0.1) is 0 Å². The second-order valence-electron chi connectivity index (χ2n) is 25.8. The molecule has 0 fully saturated rings. The van der Waals surface area contributed by atoms with E-state index < -0.39 is 107 Å². The number of hydrogen-bond donors (Lipinski definition) is 22. The van der Waals surface area contributed by atoms with E-state index in [1.807, 2.05) is 36.4 Å². The van der Waals surface area contributed by atoms with Gasteiger partial charge in [0.1, 0.15) is 51.5 Å². The van der Waals surface area contributed by atoms with Gasteiger partial charge in [0, 0.05) is 58.3 Å². The van der Waals surface area contributed by atoms with Gasteiger partial charge in [0.2, 0.25) is 0 Å². The average Bonchev–Trinajstić information content (AvgIpc) is 0.807. The topological polar surface area (TPSA) is 569 Å². The third kappa shape index (κ3) is 26.8. The predicted octanol–water partition coefficient (Wildman–Crippen LogP) is 10.4. The van der Waals surface area contributed by atoms with Gasteiger partial charge in [-0.2, -0.15) is 43.9 Å². The van der Waals surface area contributed by atoms with Crippen LogP contribution in [0, 0.1) is 0 Å². The Hall–Kier alpha value is -11.5. The molecular weight excluding hydrogens is 2050 g/mol. The zero-order valence-electron chi connectivity index (χ0n) is 63.2. The van der Waals surface area contributed by atoms with Crippen LogP contribution in [0.2, 0.25) is 0 Å². The number of hydrogen-bond acceptors (Lipinski definition) is 25. The van der Waals surface area contributed by atoms with Gasteiger partial charge in [-0.3, -0.25) is 59.1 Å². The quantitative estimate of drug-likeness (QED) is 0.00378. The molecule has 4 amide bonds. The first-order chi connectivity index (χ1) is 59.1. The minimum absolute atomic E-state index is 0.0154. The molecule has 0 aliphatic rings. The molecule has 0 aliphatic carbocycles. The van der Waals surface area contributed by atoms with Crippen molar-refractivity contribution in [2.24, 2.45) is 10.2 Å². The summed E-state index contributed by atoms with van der Waals surface area (Å²) in [5, 5.41) is 73.7. The molecule has 0 saturated heterocycles. The normalized spacial score (nSPS) is 12.3. The molecule has 0 spiro atoms. The Morgan fingerprint density at radius 3 is 0.968 bits per heavy atom. The number of amides is 4. The molecule has 2 unspecified atom stereocenters. The number of hydrazine groups is 2. The van der Waals surface area contributed by atoms with Crippen molar-refractivity contribution in [3.8, 4) is 23.0 Å². The highest BCUT2D eigenvalue weighted by Crippen LogP contribution is 2.42. The fourth-order valence-corrected chi connectivity index (χ4v) is 17.1. The fraction of sp³-hybridized carbons (Fsp3) is 0.0789. The maximum Gasteiger partial charge on any atom is 0.295 e. The van der Waals surface area contributed by atoms with Crippen LogP contribution in [-0.4, -0.2) is 167 Å². The van der Waals surface area contributed by atoms with Gasteiger partial charge in [0.25, 0.3) is 64.1 Å². The van der Waals surface area contributed by atoms with Crippen LogP contribution < -0.4 is 75.1 Å². The second-order valence-corrected chi connectivity index (χ2v) is 36.2. The number of aromatic hydroxyl groups is 4. The SMILES string of the molecule is O=C(N/N=C\c1cc(Br)c(O)c(Br)c1O)C(Nc1ccc2ccccc2c1)C(=O)NNC(=S)Nc1ccc(/C=C/c2ccc(NC(=S)NCCOCCNC(=S)Nc3ccc(/C=C/c4ccc(NC(=S)NNC(=O)C(Nc5ccc6ccccc6c5)C(=O)N/N=C\c5cc(Br)c(O)c(Br)c5O)cc4S(=O)(=O)O)c(S(=O)(=O)O)c3)cc2S(=O)(=O)O)c(S(=O)(=O)O)c1. The van der Waals surface area contributed by atoms with E-state index >= 15 is 0 Å². The van der Waals surface area contributed by atoms with Crippen LogP contribution >= 0.6 is 113 Å². The van der Waals surface area contributed by atoms with E-state index in [9.17, 15) is 91.5 Å². The lowest BCUT2D eigenvalue weighted by Crippen LogP contribution is -2.54. The van der Waals surface area contributed by atoms with Crippen LogP contribution in [0.25, 0.3) is 45.8 Å². The van der Waals surface area contributed by atoms with Gasteiger partial charge in [0.15, 0.2) is 32.5 Å². The highest BCUT2D eigenvalue weighted by molar-refractivity contribution is 9.11. The van der Waals surface area contributed by atoms with Gasteiger partial charge in [-0.25, -0.2) is 10.9 Å². The van der Waals surface area contributed by atoms with Crippen molar-refractivity contribution >= 4 is 290 Å². The highest BCUT2D eigenvalue weighted by Gasteiger charge is 2.30. The third-order valence-electron chi connectivity index (χ3n) is 17.1. The number of nitrogens with one attached hydrogen (secondary N) is 14. The van der Waals surface area contributed by atoms with Crippen LogP contribution in [0.15, 0.2) is 218 Å². The van der Waals surface area contributed by atoms with Crippen LogP contribution in [0.4, 0.5) is 34.1 Å². The van der Waals surface area contributed by atoms with Gasteiger partial charge >= 0.3 is 0 Å². The van der Waals surface area contributed by atoms with Gasteiger partial charge in [0.05, 0.1) is 34.6 Å². The molecule has 0 radical (unpaired) electrons. The largest absolute Gasteiger partial charge is 0.506 e. The average molecular weight is 2120 g/mol. The van der Waals surface area contributed by atoms with Gasteiger partial charge < -0.3 is 67.7 Å². The Morgan fingerprint density at radius 2 is 0.656 bits per heavy atom. The number of benzene rings is 10. The molecule has 22 N–H and O–H groups in total. The molecule has 0 bridgehead atoms.